The molecular formula is C23H21N5O2S. The molecule has 4 aromatic heterocycles. The summed E-state index contributed by atoms with van der Waals surface area (Å²) in [6, 6.07) is 15.8. The van der Waals surface area contributed by atoms with Gasteiger partial charge in [-0.05, 0) is 55.0 Å². The number of methoxy groups -OCH3 is 1. The second kappa shape index (κ2) is 8.31. The van der Waals surface area contributed by atoms with Gasteiger partial charge in [0.05, 0.1) is 25.6 Å². The van der Waals surface area contributed by atoms with Crippen LogP contribution in [0.3, 0.4) is 0 Å². The van der Waals surface area contributed by atoms with Gasteiger partial charge < -0.3 is 13.6 Å². The number of fused-ring (bicyclic) bond motifs is 1. The van der Waals surface area contributed by atoms with Crippen molar-refractivity contribution in [3.8, 4) is 17.1 Å². The van der Waals surface area contributed by atoms with Gasteiger partial charge in [-0.15, -0.1) is 10.2 Å². The number of hydrogen-bond acceptors (Lipinski definition) is 6. The van der Waals surface area contributed by atoms with Crippen LogP contribution in [0, 0.1) is 6.92 Å². The van der Waals surface area contributed by atoms with E-state index in [4.69, 9.17) is 14.1 Å². The minimum absolute atomic E-state index is 0.550. The van der Waals surface area contributed by atoms with Crippen molar-refractivity contribution in [2.75, 3.05) is 7.11 Å². The highest BCUT2D eigenvalue weighted by molar-refractivity contribution is 7.98. The maximum absolute atomic E-state index is 5.58. The van der Waals surface area contributed by atoms with Gasteiger partial charge in [0.1, 0.15) is 17.2 Å². The molecular weight excluding hydrogens is 410 g/mol. The van der Waals surface area contributed by atoms with Gasteiger partial charge in [-0.3, -0.25) is 4.57 Å². The number of nitrogens with zero attached hydrogens (tertiary/aromatic N) is 5. The average molecular weight is 432 g/mol. The van der Waals surface area contributed by atoms with E-state index in [9.17, 15) is 0 Å². The Kier molecular flexibility index (Phi) is 5.21. The maximum atomic E-state index is 5.58. The molecule has 0 radical (unpaired) electrons. The van der Waals surface area contributed by atoms with Crippen molar-refractivity contribution in [1.29, 1.82) is 0 Å². The normalized spacial score (nSPS) is 11.3. The first-order valence-corrected chi connectivity index (χ1v) is 10.9. The van der Waals surface area contributed by atoms with E-state index in [1.54, 1.807) is 25.1 Å². The zero-order valence-electron chi connectivity index (χ0n) is 17.2. The van der Waals surface area contributed by atoms with Crippen LogP contribution in [0.2, 0.25) is 0 Å². The summed E-state index contributed by atoms with van der Waals surface area (Å²) in [4.78, 5) is 4.71. The SMILES string of the molecule is COc1ccc(-c2nnc(SCc3cn4cc(C)ccc4n3)n2Cc2ccco2)cc1. The Hall–Kier alpha value is -3.52. The summed E-state index contributed by atoms with van der Waals surface area (Å²) in [6.07, 6.45) is 5.82. The molecule has 156 valence electrons. The lowest BCUT2D eigenvalue weighted by atomic mass is 10.2. The molecule has 5 aromatic rings. The van der Waals surface area contributed by atoms with Crippen LogP contribution in [0.1, 0.15) is 17.0 Å². The van der Waals surface area contributed by atoms with E-state index in [-0.39, 0.29) is 0 Å². The van der Waals surface area contributed by atoms with Gasteiger partial charge >= 0.3 is 0 Å². The smallest absolute Gasteiger partial charge is 0.192 e. The molecule has 0 saturated carbocycles. The molecule has 0 spiro atoms. The van der Waals surface area contributed by atoms with E-state index < -0.39 is 0 Å². The van der Waals surface area contributed by atoms with Crippen LogP contribution in [-0.4, -0.2) is 31.3 Å². The molecule has 1 aromatic carbocycles. The van der Waals surface area contributed by atoms with Crippen molar-refractivity contribution in [3.63, 3.8) is 0 Å². The fourth-order valence-corrected chi connectivity index (χ4v) is 4.24. The van der Waals surface area contributed by atoms with E-state index in [0.717, 1.165) is 39.4 Å². The monoisotopic (exact) mass is 431 g/mol. The van der Waals surface area contributed by atoms with Crippen LogP contribution in [0.25, 0.3) is 17.0 Å². The molecule has 7 nitrogen and oxygen atoms in total. The second-order valence-electron chi connectivity index (χ2n) is 7.19. The fraction of sp³-hybridized carbons (Fsp3) is 0.174. The fourth-order valence-electron chi connectivity index (χ4n) is 3.41. The van der Waals surface area contributed by atoms with Gasteiger partial charge in [0.25, 0.3) is 0 Å². The molecule has 31 heavy (non-hydrogen) atoms. The van der Waals surface area contributed by atoms with Crippen molar-refractivity contribution in [1.82, 2.24) is 24.1 Å². The van der Waals surface area contributed by atoms with Crippen LogP contribution in [0.5, 0.6) is 5.75 Å². The predicted octanol–water partition coefficient (Wildman–Crippen LogP) is 4.84. The van der Waals surface area contributed by atoms with E-state index in [2.05, 4.69) is 44.5 Å². The Balaban J connectivity index is 1.44. The number of imidazole rings is 1. The van der Waals surface area contributed by atoms with Crippen LogP contribution in [0.15, 0.2) is 76.8 Å². The predicted molar refractivity (Wildman–Crippen MR) is 119 cm³/mol. The van der Waals surface area contributed by atoms with Gasteiger partial charge in [0.15, 0.2) is 11.0 Å². The summed E-state index contributed by atoms with van der Waals surface area (Å²) in [6.45, 7) is 2.62. The van der Waals surface area contributed by atoms with Crippen molar-refractivity contribution in [3.05, 3.63) is 84.2 Å². The summed E-state index contributed by atoms with van der Waals surface area (Å²) in [7, 11) is 1.66. The van der Waals surface area contributed by atoms with Gasteiger partial charge in [0.2, 0.25) is 0 Å². The van der Waals surface area contributed by atoms with Crippen molar-refractivity contribution < 1.29 is 9.15 Å². The third-order valence-electron chi connectivity index (χ3n) is 4.96. The topological polar surface area (TPSA) is 70.4 Å². The van der Waals surface area contributed by atoms with E-state index in [0.29, 0.717) is 12.3 Å². The van der Waals surface area contributed by atoms with E-state index >= 15 is 0 Å². The number of pyridine rings is 1. The molecule has 0 bridgehead atoms. The Bertz CT molecular complexity index is 1310. The Labute approximate surface area is 183 Å². The van der Waals surface area contributed by atoms with Crippen molar-refractivity contribution in [2.24, 2.45) is 0 Å². The van der Waals surface area contributed by atoms with Gasteiger partial charge in [-0.25, -0.2) is 4.98 Å². The summed E-state index contributed by atoms with van der Waals surface area (Å²) in [5, 5.41) is 9.76. The quantitative estimate of drug-likeness (QED) is 0.343. The molecule has 0 atom stereocenters. The summed E-state index contributed by atoms with van der Waals surface area (Å²) < 4.78 is 15.0. The summed E-state index contributed by atoms with van der Waals surface area (Å²) >= 11 is 1.61. The Morgan fingerprint density at radius 2 is 1.90 bits per heavy atom. The molecule has 0 aliphatic rings. The number of thioether (sulfide) groups is 1. The van der Waals surface area contributed by atoms with Gasteiger partial charge in [-0.2, -0.15) is 0 Å². The van der Waals surface area contributed by atoms with Crippen molar-refractivity contribution in [2.45, 2.75) is 24.4 Å². The molecule has 0 aliphatic carbocycles. The number of rotatable bonds is 7. The maximum Gasteiger partial charge on any atom is 0.192 e. The highest BCUT2D eigenvalue weighted by Crippen LogP contribution is 2.28. The molecule has 0 N–H and O–H groups in total. The van der Waals surface area contributed by atoms with Crippen LogP contribution < -0.4 is 4.74 Å². The van der Waals surface area contributed by atoms with E-state index in [1.165, 1.54) is 5.56 Å². The molecule has 4 heterocycles. The summed E-state index contributed by atoms with van der Waals surface area (Å²) in [5.41, 5.74) is 4.10. The Morgan fingerprint density at radius 1 is 1.03 bits per heavy atom. The average Bonchev–Trinajstić information content (AvgIpc) is 3.52. The number of hydrogen-bond donors (Lipinski definition) is 0. The first-order chi connectivity index (χ1) is 15.2. The van der Waals surface area contributed by atoms with Crippen LogP contribution >= 0.6 is 11.8 Å². The molecule has 0 aliphatic heterocycles. The minimum Gasteiger partial charge on any atom is -0.497 e. The zero-order valence-corrected chi connectivity index (χ0v) is 18.0. The van der Waals surface area contributed by atoms with Gasteiger partial charge in [0, 0.05) is 23.7 Å². The molecule has 0 fully saturated rings. The number of furan rings is 1. The lowest BCUT2D eigenvalue weighted by molar-refractivity contribution is 0.415. The standard InChI is InChI=1S/C23H21N5O2S/c1-16-5-10-21-24-18(13-27(21)12-16)15-31-23-26-25-22(17-6-8-19(29-2)9-7-17)28(23)14-20-4-3-11-30-20/h3-13H,14-15H2,1-2H3. The lowest BCUT2D eigenvalue weighted by Gasteiger charge is -2.09. The zero-order chi connectivity index (χ0) is 21.2. The minimum atomic E-state index is 0.550. The largest absolute Gasteiger partial charge is 0.497 e. The third kappa shape index (κ3) is 4.06. The highest BCUT2D eigenvalue weighted by Gasteiger charge is 2.17. The summed E-state index contributed by atoms with van der Waals surface area (Å²) in [5.74, 6) is 3.13. The molecule has 0 amide bonds. The molecule has 0 unspecified atom stereocenters. The molecule has 0 saturated heterocycles. The number of benzene rings is 1. The van der Waals surface area contributed by atoms with Crippen LogP contribution in [-0.2, 0) is 12.3 Å². The molecule has 8 heteroatoms. The second-order valence-corrected chi connectivity index (χ2v) is 8.14. The molecule has 5 rings (SSSR count). The third-order valence-corrected chi connectivity index (χ3v) is 5.96. The first kappa shape index (κ1) is 19.4. The first-order valence-electron chi connectivity index (χ1n) is 9.86. The number of aryl methyl sites for hydroxylation is 1. The van der Waals surface area contributed by atoms with Gasteiger partial charge in [-0.1, -0.05) is 17.8 Å². The number of ether oxygens (including phenoxy) is 1. The highest BCUT2D eigenvalue weighted by atomic mass is 32.2. The number of aromatic nitrogens is 5. The Morgan fingerprint density at radius 3 is 2.68 bits per heavy atom. The lowest BCUT2D eigenvalue weighted by Crippen LogP contribution is -2.03. The van der Waals surface area contributed by atoms with E-state index in [1.807, 2.05) is 42.5 Å². The van der Waals surface area contributed by atoms with Crippen molar-refractivity contribution >= 4 is 17.4 Å². The van der Waals surface area contributed by atoms with Crippen LogP contribution in [0.4, 0.5) is 0 Å².